The SMILES string of the molecule is COc1cc(CC2=CCc3cccc(O[SiH](C)C)c32)cc(OC)c1. The monoisotopic (exact) mass is 340 g/mol. The van der Waals surface area contributed by atoms with Gasteiger partial charge in [0.1, 0.15) is 17.2 Å². The first-order chi connectivity index (χ1) is 11.6. The second kappa shape index (κ2) is 7.14. The molecule has 1 aliphatic rings. The second-order valence-electron chi connectivity index (χ2n) is 6.29. The predicted molar refractivity (Wildman–Crippen MR) is 101 cm³/mol. The van der Waals surface area contributed by atoms with E-state index >= 15 is 0 Å². The van der Waals surface area contributed by atoms with Crippen LogP contribution in [0.4, 0.5) is 0 Å². The van der Waals surface area contributed by atoms with Gasteiger partial charge in [0.15, 0.2) is 0 Å². The summed E-state index contributed by atoms with van der Waals surface area (Å²) in [6.45, 7) is 4.40. The molecule has 1 aliphatic carbocycles. The summed E-state index contributed by atoms with van der Waals surface area (Å²) in [4.78, 5) is 0. The normalized spacial score (nSPS) is 12.8. The van der Waals surface area contributed by atoms with Crippen LogP contribution in [-0.4, -0.2) is 23.3 Å². The number of hydrogen-bond acceptors (Lipinski definition) is 3. The van der Waals surface area contributed by atoms with Crippen LogP contribution < -0.4 is 13.9 Å². The molecule has 4 heteroatoms. The standard InChI is InChI=1S/C20H24O3Si/c1-21-17-11-14(12-18(13-17)22-2)10-16-9-8-15-6-5-7-19(20(15)16)23-24(3)4/h5-7,9,11-13,24H,8,10H2,1-4H3. The summed E-state index contributed by atoms with van der Waals surface area (Å²) in [5.41, 5.74) is 5.14. The molecule has 0 N–H and O–H groups in total. The van der Waals surface area contributed by atoms with Crippen molar-refractivity contribution in [3.05, 3.63) is 59.2 Å². The molecule has 0 atom stereocenters. The van der Waals surface area contributed by atoms with Crippen LogP contribution in [0.25, 0.3) is 5.57 Å². The van der Waals surface area contributed by atoms with Gasteiger partial charge in [-0.25, -0.2) is 0 Å². The van der Waals surface area contributed by atoms with Crippen molar-refractivity contribution >= 4 is 14.6 Å². The van der Waals surface area contributed by atoms with Gasteiger partial charge in [0, 0.05) is 11.6 Å². The second-order valence-corrected chi connectivity index (χ2v) is 8.62. The molecule has 24 heavy (non-hydrogen) atoms. The van der Waals surface area contributed by atoms with Gasteiger partial charge < -0.3 is 13.9 Å². The van der Waals surface area contributed by atoms with Gasteiger partial charge in [-0.3, -0.25) is 0 Å². The first-order valence-corrected chi connectivity index (χ1v) is 11.1. The lowest BCUT2D eigenvalue weighted by Gasteiger charge is -2.16. The number of allylic oxidation sites excluding steroid dienone is 2. The topological polar surface area (TPSA) is 27.7 Å². The van der Waals surface area contributed by atoms with Gasteiger partial charge in [-0.1, -0.05) is 18.2 Å². The smallest absolute Gasteiger partial charge is 0.229 e. The number of ether oxygens (including phenoxy) is 2. The van der Waals surface area contributed by atoms with E-state index in [-0.39, 0.29) is 0 Å². The summed E-state index contributed by atoms with van der Waals surface area (Å²) < 4.78 is 16.9. The fourth-order valence-corrected chi connectivity index (χ4v) is 3.85. The van der Waals surface area contributed by atoms with Gasteiger partial charge in [-0.15, -0.1) is 0 Å². The third-order valence-electron chi connectivity index (χ3n) is 4.17. The molecule has 2 aromatic rings. The largest absolute Gasteiger partial charge is 0.547 e. The minimum atomic E-state index is -1.14. The van der Waals surface area contributed by atoms with Crippen molar-refractivity contribution in [1.29, 1.82) is 0 Å². The molecule has 0 spiro atoms. The lowest BCUT2D eigenvalue weighted by atomic mass is 9.98. The lowest BCUT2D eigenvalue weighted by Crippen LogP contribution is -2.12. The van der Waals surface area contributed by atoms with Crippen molar-refractivity contribution in [3.63, 3.8) is 0 Å². The Balaban J connectivity index is 1.92. The zero-order chi connectivity index (χ0) is 17.1. The summed E-state index contributed by atoms with van der Waals surface area (Å²) >= 11 is 0. The Kier molecular flexibility index (Phi) is 4.95. The highest BCUT2D eigenvalue weighted by atomic mass is 28.3. The maximum atomic E-state index is 6.16. The van der Waals surface area contributed by atoms with E-state index in [1.807, 2.05) is 6.07 Å². The molecular weight excluding hydrogens is 316 g/mol. The quantitative estimate of drug-likeness (QED) is 0.736. The van der Waals surface area contributed by atoms with Crippen LogP contribution in [0, 0.1) is 0 Å². The highest BCUT2D eigenvalue weighted by molar-refractivity contribution is 6.49. The van der Waals surface area contributed by atoms with E-state index in [4.69, 9.17) is 13.9 Å². The first kappa shape index (κ1) is 16.6. The Morgan fingerprint density at radius 2 is 1.71 bits per heavy atom. The van der Waals surface area contributed by atoms with Gasteiger partial charge in [-0.2, -0.15) is 0 Å². The van der Waals surface area contributed by atoms with Gasteiger partial charge in [-0.05, 0) is 60.8 Å². The van der Waals surface area contributed by atoms with E-state index in [9.17, 15) is 0 Å². The van der Waals surface area contributed by atoms with E-state index in [1.165, 1.54) is 22.3 Å². The molecule has 0 heterocycles. The Morgan fingerprint density at radius 1 is 1.00 bits per heavy atom. The minimum Gasteiger partial charge on any atom is -0.547 e. The van der Waals surface area contributed by atoms with Gasteiger partial charge in [0.05, 0.1) is 14.2 Å². The number of fused-ring (bicyclic) bond motifs is 1. The minimum absolute atomic E-state index is 0.822. The summed E-state index contributed by atoms with van der Waals surface area (Å²) in [5.74, 6) is 2.68. The van der Waals surface area contributed by atoms with Crippen LogP contribution in [0.3, 0.4) is 0 Å². The molecular formula is C20H24O3Si. The van der Waals surface area contributed by atoms with Crippen molar-refractivity contribution in [1.82, 2.24) is 0 Å². The average Bonchev–Trinajstić information content (AvgIpc) is 2.98. The zero-order valence-electron chi connectivity index (χ0n) is 14.8. The molecule has 0 saturated carbocycles. The van der Waals surface area contributed by atoms with Crippen molar-refractivity contribution in [3.8, 4) is 17.2 Å². The van der Waals surface area contributed by atoms with E-state index in [0.717, 1.165) is 30.1 Å². The molecule has 0 saturated heterocycles. The Bertz CT molecular complexity index is 743. The molecule has 0 unspecified atom stereocenters. The van der Waals surface area contributed by atoms with E-state index in [0.29, 0.717) is 0 Å². The molecule has 0 aliphatic heterocycles. The van der Waals surface area contributed by atoms with Gasteiger partial charge in [0.25, 0.3) is 0 Å². The molecule has 3 rings (SSSR count). The van der Waals surface area contributed by atoms with Crippen LogP contribution >= 0.6 is 0 Å². The van der Waals surface area contributed by atoms with Crippen LogP contribution in [0.15, 0.2) is 42.5 Å². The molecule has 0 radical (unpaired) electrons. The number of methoxy groups -OCH3 is 2. The summed E-state index contributed by atoms with van der Waals surface area (Å²) in [5, 5.41) is 0. The van der Waals surface area contributed by atoms with Crippen molar-refractivity contribution in [2.75, 3.05) is 14.2 Å². The van der Waals surface area contributed by atoms with E-state index in [2.05, 4.69) is 49.5 Å². The summed E-state index contributed by atoms with van der Waals surface area (Å²) in [6, 6.07) is 12.4. The summed E-state index contributed by atoms with van der Waals surface area (Å²) in [7, 11) is 2.23. The lowest BCUT2D eigenvalue weighted by molar-refractivity contribution is 0.393. The Labute approximate surface area is 145 Å². The maximum absolute atomic E-state index is 6.16. The highest BCUT2D eigenvalue weighted by Gasteiger charge is 2.20. The molecule has 126 valence electrons. The maximum Gasteiger partial charge on any atom is 0.229 e. The fraction of sp³-hybridized carbons (Fsp3) is 0.300. The summed E-state index contributed by atoms with van der Waals surface area (Å²) in [6.07, 6.45) is 4.13. The predicted octanol–water partition coefficient (Wildman–Crippen LogP) is 4.25. The third kappa shape index (κ3) is 3.49. The Morgan fingerprint density at radius 3 is 2.33 bits per heavy atom. The van der Waals surface area contributed by atoms with Crippen LogP contribution in [0.2, 0.25) is 13.1 Å². The molecule has 0 bridgehead atoms. The van der Waals surface area contributed by atoms with Crippen molar-refractivity contribution < 1.29 is 13.9 Å². The number of benzene rings is 2. The van der Waals surface area contributed by atoms with E-state index in [1.54, 1.807) is 14.2 Å². The molecule has 0 fully saturated rings. The average molecular weight is 340 g/mol. The number of hydrogen-bond donors (Lipinski definition) is 0. The van der Waals surface area contributed by atoms with Crippen LogP contribution in [0.1, 0.15) is 16.7 Å². The molecule has 0 aromatic heterocycles. The van der Waals surface area contributed by atoms with E-state index < -0.39 is 9.04 Å². The zero-order valence-corrected chi connectivity index (χ0v) is 15.9. The molecule has 0 amide bonds. The fourth-order valence-electron chi connectivity index (χ4n) is 3.15. The van der Waals surface area contributed by atoms with Crippen LogP contribution in [-0.2, 0) is 12.8 Å². The molecule has 3 nitrogen and oxygen atoms in total. The third-order valence-corrected chi connectivity index (χ3v) is 4.90. The van der Waals surface area contributed by atoms with Crippen molar-refractivity contribution in [2.45, 2.75) is 25.9 Å². The van der Waals surface area contributed by atoms with Crippen molar-refractivity contribution in [2.24, 2.45) is 0 Å². The van der Waals surface area contributed by atoms with Crippen LogP contribution in [0.5, 0.6) is 17.2 Å². The highest BCUT2D eigenvalue weighted by Crippen LogP contribution is 2.38. The van der Waals surface area contributed by atoms with Gasteiger partial charge in [0.2, 0.25) is 9.04 Å². The first-order valence-electron chi connectivity index (χ1n) is 8.30. The number of rotatable bonds is 6. The van der Waals surface area contributed by atoms with Gasteiger partial charge >= 0.3 is 0 Å². The molecule has 2 aromatic carbocycles. The Hall–Kier alpha value is -2.20.